The maximum Gasteiger partial charge on any atom is 0.341 e. The lowest BCUT2D eigenvalue weighted by molar-refractivity contribution is -0.139. The van der Waals surface area contributed by atoms with Crippen LogP contribution in [-0.4, -0.2) is 33.7 Å². The fourth-order valence-electron chi connectivity index (χ4n) is 2.48. The Balaban J connectivity index is 1.86. The molecule has 28 heavy (non-hydrogen) atoms. The number of carboxylic acid groups (broad SMARTS) is 1. The van der Waals surface area contributed by atoms with Crippen LogP contribution < -0.4 is 4.74 Å². The quantitative estimate of drug-likeness (QED) is 0.640. The number of ether oxygens (including phenoxy) is 1. The van der Waals surface area contributed by atoms with E-state index in [9.17, 15) is 18.8 Å². The molecule has 1 aliphatic heterocycles. The number of carbonyl (C=O) groups excluding carboxylic acids is 2. The second-order valence-electron chi connectivity index (χ2n) is 5.72. The van der Waals surface area contributed by atoms with Crippen LogP contribution in [-0.2, 0) is 16.1 Å². The Morgan fingerprint density at radius 3 is 2.71 bits per heavy atom. The molecule has 1 aliphatic rings. The maximum atomic E-state index is 13.8. The van der Waals surface area contributed by atoms with Gasteiger partial charge in [-0.2, -0.15) is 0 Å². The second-order valence-corrected chi connectivity index (χ2v) is 7.63. The number of rotatable bonds is 6. The zero-order valence-corrected chi connectivity index (χ0v) is 16.6. The molecule has 6 nitrogen and oxygen atoms in total. The monoisotopic (exact) mass is 465 g/mol. The molecule has 0 spiro atoms. The zero-order chi connectivity index (χ0) is 20.3. The Morgan fingerprint density at radius 1 is 1.25 bits per heavy atom. The summed E-state index contributed by atoms with van der Waals surface area (Å²) in [5.41, 5.74) is 0.672. The minimum atomic E-state index is -1.14. The highest BCUT2D eigenvalue weighted by Crippen LogP contribution is 2.35. The number of benzene rings is 2. The van der Waals surface area contributed by atoms with Gasteiger partial charge in [-0.15, -0.1) is 0 Å². The van der Waals surface area contributed by atoms with E-state index in [-0.39, 0.29) is 22.8 Å². The number of nitrogens with zero attached hydrogens (tertiary/aromatic N) is 1. The van der Waals surface area contributed by atoms with E-state index in [1.54, 1.807) is 24.3 Å². The van der Waals surface area contributed by atoms with Crippen LogP contribution in [0.5, 0.6) is 5.75 Å². The van der Waals surface area contributed by atoms with E-state index in [1.807, 2.05) is 0 Å². The smallest absolute Gasteiger partial charge is 0.341 e. The van der Waals surface area contributed by atoms with Crippen molar-refractivity contribution >= 4 is 50.9 Å². The molecule has 2 aromatic carbocycles. The van der Waals surface area contributed by atoms with Crippen LogP contribution in [0.25, 0.3) is 6.08 Å². The zero-order valence-electron chi connectivity index (χ0n) is 14.2. The molecule has 0 aliphatic carbocycles. The van der Waals surface area contributed by atoms with Crippen molar-refractivity contribution in [2.75, 3.05) is 6.61 Å². The van der Waals surface area contributed by atoms with Gasteiger partial charge < -0.3 is 9.84 Å². The number of thioether (sulfide) groups is 1. The Bertz CT molecular complexity index is 994. The maximum absolute atomic E-state index is 13.8. The normalized spacial score (nSPS) is 15.4. The van der Waals surface area contributed by atoms with Crippen molar-refractivity contribution in [1.29, 1.82) is 0 Å². The summed E-state index contributed by atoms with van der Waals surface area (Å²) < 4.78 is 19.8. The molecule has 0 aromatic heterocycles. The number of halogens is 2. The van der Waals surface area contributed by atoms with Crippen molar-refractivity contribution in [2.24, 2.45) is 0 Å². The van der Waals surface area contributed by atoms with Gasteiger partial charge in [0.25, 0.3) is 11.1 Å². The summed E-state index contributed by atoms with van der Waals surface area (Å²) in [6, 6.07) is 10.8. The van der Waals surface area contributed by atoms with Crippen molar-refractivity contribution < 1.29 is 28.6 Å². The lowest BCUT2D eigenvalue weighted by atomic mass is 10.1. The molecule has 2 aromatic rings. The average molecular weight is 466 g/mol. The molecule has 1 saturated heterocycles. The number of hydrogen-bond acceptors (Lipinski definition) is 5. The molecule has 0 bridgehead atoms. The van der Waals surface area contributed by atoms with Gasteiger partial charge in [0, 0.05) is 15.6 Å². The van der Waals surface area contributed by atoms with E-state index in [2.05, 4.69) is 15.9 Å². The highest BCUT2D eigenvalue weighted by atomic mass is 79.9. The summed E-state index contributed by atoms with van der Waals surface area (Å²) in [4.78, 5) is 36.7. The summed E-state index contributed by atoms with van der Waals surface area (Å²) in [5.74, 6) is -1.94. The Kier molecular flexibility index (Phi) is 6.15. The van der Waals surface area contributed by atoms with Gasteiger partial charge in [0.2, 0.25) is 0 Å². The number of hydrogen-bond donors (Lipinski definition) is 1. The molecular formula is C19H13BrFNO5S. The first-order chi connectivity index (χ1) is 13.3. The molecule has 0 atom stereocenters. The lowest BCUT2D eigenvalue weighted by Crippen LogP contribution is -2.27. The summed E-state index contributed by atoms with van der Waals surface area (Å²) in [5, 5.41) is 8.28. The Labute approximate surface area is 172 Å². The summed E-state index contributed by atoms with van der Waals surface area (Å²) in [6.07, 6.45) is 1.45. The van der Waals surface area contributed by atoms with Crippen molar-refractivity contribution in [2.45, 2.75) is 6.54 Å². The highest BCUT2D eigenvalue weighted by molar-refractivity contribution is 9.10. The van der Waals surface area contributed by atoms with Crippen LogP contribution in [0.15, 0.2) is 51.8 Å². The number of aliphatic carboxylic acids is 1. The van der Waals surface area contributed by atoms with E-state index in [4.69, 9.17) is 9.84 Å². The van der Waals surface area contributed by atoms with Crippen molar-refractivity contribution in [3.8, 4) is 5.75 Å². The molecule has 0 saturated carbocycles. The first kappa shape index (κ1) is 20.1. The number of imide groups is 1. The van der Waals surface area contributed by atoms with Crippen LogP contribution >= 0.6 is 27.7 Å². The van der Waals surface area contributed by atoms with Crippen molar-refractivity contribution in [3.63, 3.8) is 0 Å². The molecule has 3 rings (SSSR count). The number of carboxylic acids is 1. The highest BCUT2D eigenvalue weighted by Gasteiger charge is 2.35. The van der Waals surface area contributed by atoms with Crippen LogP contribution in [0.4, 0.5) is 9.18 Å². The summed E-state index contributed by atoms with van der Waals surface area (Å²) in [7, 11) is 0. The van der Waals surface area contributed by atoms with Gasteiger partial charge in [-0.3, -0.25) is 14.5 Å². The number of carbonyl (C=O) groups is 3. The van der Waals surface area contributed by atoms with Crippen LogP contribution in [0.1, 0.15) is 11.1 Å². The Hall–Kier alpha value is -2.65. The van der Waals surface area contributed by atoms with Crippen molar-refractivity contribution in [1.82, 2.24) is 4.90 Å². The van der Waals surface area contributed by atoms with Crippen LogP contribution in [0.3, 0.4) is 0 Å². The largest absolute Gasteiger partial charge is 0.481 e. The molecule has 1 N–H and O–H groups in total. The van der Waals surface area contributed by atoms with Gasteiger partial charge in [0.1, 0.15) is 11.6 Å². The van der Waals surface area contributed by atoms with Gasteiger partial charge >= 0.3 is 5.97 Å². The van der Waals surface area contributed by atoms with Gasteiger partial charge in [-0.1, -0.05) is 34.1 Å². The molecular weight excluding hydrogens is 453 g/mol. The SMILES string of the molecule is O=C(O)COc1ccc(Br)cc1/C=C1/SC(=O)N(Cc2ccccc2F)C1=O. The third-order valence-electron chi connectivity index (χ3n) is 3.77. The first-order valence-electron chi connectivity index (χ1n) is 7.98. The van der Waals surface area contributed by atoms with Crippen LogP contribution in [0, 0.1) is 5.82 Å². The third kappa shape index (κ3) is 4.60. The van der Waals surface area contributed by atoms with Gasteiger partial charge in [0.15, 0.2) is 6.61 Å². The van der Waals surface area contributed by atoms with Gasteiger partial charge in [-0.05, 0) is 42.1 Å². The van der Waals surface area contributed by atoms with Crippen LogP contribution in [0.2, 0.25) is 0 Å². The minimum Gasteiger partial charge on any atom is -0.481 e. The molecule has 1 fully saturated rings. The molecule has 2 amide bonds. The fourth-order valence-corrected chi connectivity index (χ4v) is 3.69. The van der Waals surface area contributed by atoms with E-state index >= 15 is 0 Å². The number of amides is 2. The van der Waals surface area contributed by atoms with Crippen molar-refractivity contribution in [3.05, 3.63) is 68.8 Å². The van der Waals surface area contributed by atoms with Gasteiger partial charge in [-0.25, -0.2) is 9.18 Å². The first-order valence-corrected chi connectivity index (χ1v) is 9.59. The second kappa shape index (κ2) is 8.57. The standard InChI is InChI=1S/C19H13BrFNO5S/c20-13-5-6-15(27-10-17(23)24)12(7-13)8-16-18(25)22(19(26)28-16)9-11-3-1-2-4-14(11)21/h1-8H,9-10H2,(H,23,24)/b16-8+. The fraction of sp³-hybridized carbons (Fsp3) is 0.105. The summed E-state index contributed by atoms with van der Waals surface area (Å²) >= 11 is 4.03. The Morgan fingerprint density at radius 2 is 2.00 bits per heavy atom. The van der Waals surface area contributed by atoms with E-state index in [0.717, 1.165) is 16.7 Å². The average Bonchev–Trinajstić information content (AvgIpc) is 2.90. The lowest BCUT2D eigenvalue weighted by Gasteiger charge is -2.13. The molecule has 0 unspecified atom stereocenters. The minimum absolute atomic E-state index is 0.139. The topological polar surface area (TPSA) is 83.9 Å². The predicted molar refractivity (Wildman–Crippen MR) is 105 cm³/mol. The van der Waals surface area contributed by atoms with Gasteiger partial charge in [0.05, 0.1) is 11.4 Å². The molecule has 1 heterocycles. The van der Waals surface area contributed by atoms with E-state index < -0.39 is 29.5 Å². The van der Waals surface area contributed by atoms with E-state index in [0.29, 0.717) is 10.0 Å². The molecule has 144 valence electrons. The molecule has 0 radical (unpaired) electrons. The summed E-state index contributed by atoms with van der Waals surface area (Å²) in [6.45, 7) is -0.716. The molecule has 9 heteroatoms. The predicted octanol–water partition coefficient (Wildman–Crippen LogP) is 4.29. The third-order valence-corrected chi connectivity index (χ3v) is 5.17. The van der Waals surface area contributed by atoms with E-state index in [1.165, 1.54) is 24.3 Å².